The molecule has 0 spiro atoms. The molecule has 17 heavy (non-hydrogen) atoms. The van der Waals surface area contributed by atoms with Crippen LogP contribution in [0, 0.1) is 12.3 Å². The van der Waals surface area contributed by atoms with E-state index in [-0.39, 0.29) is 17.9 Å². The molecule has 0 N–H and O–H groups in total. The summed E-state index contributed by atoms with van der Waals surface area (Å²) in [6, 6.07) is 6.34. The van der Waals surface area contributed by atoms with Crippen LogP contribution in [0.1, 0.15) is 5.76 Å². The Labute approximate surface area is 103 Å². The van der Waals surface area contributed by atoms with Gasteiger partial charge in [-0.15, -0.1) is 18.0 Å². The average molecular weight is 249 g/mol. The molecule has 3 nitrogen and oxygen atoms in total. The Morgan fingerprint density at radius 3 is 2.94 bits per heavy atom. The van der Waals surface area contributed by atoms with Crippen LogP contribution in [-0.2, 0) is 5.88 Å². The fourth-order valence-electron chi connectivity index (χ4n) is 1.47. The molecule has 2 rings (SSSR count). The molecule has 4 heteroatoms. The van der Waals surface area contributed by atoms with Gasteiger partial charge >= 0.3 is 0 Å². The zero-order chi connectivity index (χ0) is 12.3. The van der Waals surface area contributed by atoms with Crippen molar-refractivity contribution in [2.45, 2.75) is 5.88 Å². The minimum absolute atomic E-state index is 0.120. The second kappa shape index (κ2) is 4.94. The monoisotopic (exact) mass is 248 g/mol. The van der Waals surface area contributed by atoms with Crippen molar-refractivity contribution in [2.75, 3.05) is 6.61 Å². The average Bonchev–Trinajstić information content (AvgIpc) is 2.35. The number of rotatable bonds is 3. The van der Waals surface area contributed by atoms with Gasteiger partial charge in [0.2, 0.25) is 0 Å². The van der Waals surface area contributed by atoms with Gasteiger partial charge in [0.15, 0.2) is 5.43 Å². The number of ether oxygens (including phenoxy) is 1. The molecule has 0 saturated carbocycles. The summed E-state index contributed by atoms with van der Waals surface area (Å²) in [7, 11) is 0. The lowest BCUT2D eigenvalue weighted by atomic mass is 10.2. The van der Waals surface area contributed by atoms with Gasteiger partial charge in [0.05, 0.1) is 11.3 Å². The lowest BCUT2D eigenvalue weighted by Gasteiger charge is -2.04. The maximum atomic E-state index is 11.7. The molecule has 0 aliphatic carbocycles. The number of fused-ring (bicyclic) bond motifs is 1. The van der Waals surface area contributed by atoms with E-state index in [1.54, 1.807) is 18.2 Å². The quantitative estimate of drug-likeness (QED) is 0.619. The van der Waals surface area contributed by atoms with Gasteiger partial charge in [0.1, 0.15) is 23.7 Å². The fraction of sp³-hybridized carbons (Fsp3) is 0.154. The number of terminal acetylenes is 1. The Kier molecular flexibility index (Phi) is 3.36. The Hall–Kier alpha value is -1.92. The predicted octanol–water partition coefficient (Wildman–Crippen LogP) is 2.54. The summed E-state index contributed by atoms with van der Waals surface area (Å²) in [6.07, 6.45) is 5.09. The maximum Gasteiger partial charge on any atom is 0.192 e. The first kappa shape index (κ1) is 11.6. The molecule has 1 aromatic carbocycles. The normalized spacial score (nSPS) is 10.1. The van der Waals surface area contributed by atoms with E-state index in [1.165, 1.54) is 6.07 Å². The maximum absolute atomic E-state index is 11.7. The molecule has 0 amide bonds. The van der Waals surface area contributed by atoms with Crippen molar-refractivity contribution < 1.29 is 9.15 Å². The molecular weight excluding hydrogens is 240 g/mol. The van der Waals surface area contributed by atoms with Crippen molar-refractivity contribution >= 4 is 22.6 Å². The summed E-state index contributed by atoms with van der Waals surface area (Å²) < 4.78 is 10.7. The van der Waals surface area contributed by atoms with Crippen LogP contribution in [-0.4, -0.2) is 6.61 Å². The molecule has 0 saturated heterocycles. The zero-order valence-corrected chi connectivity index (χ0v) is 9.66. The van der Waals surface area contributed by atoms with E-state index in [4.69, 9.17) is 27.2 Å². The molecule has 0 aliphatic rings. The predicted molar refractivity (Wildman–Crippen MR) is 66.4 cm³/mol. The summed E-state index contributed by atoms with van der Waals surface area (Å²) >= 11 is 5.63. The van der Waals surface area contributed by atoms with Gasteiger partial charge in [0.25, 0.3) is 0 Å². The molecule has 0 aliphatic heterocycles. The van der Waals surface area contributed by atoms with Gasteiger partial charge < -0.3 is 9.15 Å². The van der Waals surface area contributed by atoms with Crippen LogP contribution >= 0.6 is 11.6 Å². The zero-order valence-electron chi connectivity index (χ0n) is 8.90. The molecule has 86 valence electrons. The highest BCUT2D eigenvalue weighted by molar-refractivity contribution is 6.16. The molecule has 0 atom stereocenters. The third kappa shape index (κ3) is 2.43. The van der Waals surface area contributed by atoms with E-state index < -0.39 is 0 Å². The van der Waals surface area contributed by atoms with Gasteiger partial charge in [-0.1, -0.05) is 5.92 Å². The van der Waals surface area contributed by atoms with Crippen molar-refractivity contribution in [3.63, 3.8) is 0 Å². The van der Waals surface area contributed by atoms with Crippen LogP contribution in [0.15, 0.2) is 33.5 Å². The Morgan fingerprint density at radius 2 is 2.24 bits per heavy atom. The van der Waals surface area contributed by atoms with Crippen LogP contribution in [0.25, 0.3) is 11.0 Å². The third-order valence-corrected chi connectivity index (χ3v) is 2.47. The Morgan fingerprint density at radius 1 is 1.41 bits per heavy atom. The summed E-state index contributed by atoms with van der Waals surface area (Å²) in [5.41, 5.74) is 0.327. The van der Waals surface area contributed by atoms with Gasteiger partial charge in [0, 0.05) is 12.1 Å². The SMILES string of the molecule is C#CCOc1ccc2c(=O)cc(CCl)oc2c1. The van der Waals surface area contributed by atoms with Gasteiger partial charge in [-0.25, -0.2) is 0 Å². The third-order valence-electron chi connectivity index (χ3n) is 2.21. The smallest absolute Gasteiger partial charge is 0.192 e. The lowest BCUT2D eigenvalue weighted by molar-refractivity contribution is 0.370. The standard InChI is InChI=1S/C13H9ClO3/c1-2-5-16-9-3-4-11-12(15)6-10(8-14)17-13(11)7-9/h1,3-4,6-7H,5,8H2. The molecule has 0 bridgehead atoms. The minimum Gasteiger partial charge on any atom is -0.481 e. The van der Waals surface area contributed by atoms with Crippen molar-refractivity contribution in [2.24, 2.45) is 0 Å². The number of alkyl halides is 1. The van der Waals surface area contributed by atoms with Crippen LogP contribution in [0.3, 0.4) is 0 Å². The van der Waals surface area contributed by atoms with E-state index in [9.17, 15) is 4.79 Å². The fourth-order valence-corrected chi connectivity index (χ4v) is 1.60. The van der Waals surface area contributed by atoms with Crippen LogP contribution < -0.4 is 10.2 Å². The van der Waals surface area contributed by atoms with E-state index in [0.29, 0.717) is 22.5 Å². The molecule has 1 heterocycles. The Bertz CT molecular complexity index is 637. The van der Waals surface area contributed by atoms with Crippen LogP contribution in [0.5, 0.6) is 5.75 Å². The van der Waals surface area contributed by atoms with E-state index in [2.05, 4.69) is 5.92 Å². The number of hydrogen-bond acceptors (Lipinski definition) is 3. The topological polar surface area (TPSA) is 39.4 Å². The molecule has 0 fully saturated rings. The van der Waals surface area contributed by atoms with Gasteiger partial charge in [-0.05, 0) is 12.1 Å². The summed E-state index contributed by atoms with van der Waals surface area (Å²) in [4.78, 5) is 11.7. The molecule has 2 aromatic rings. The van der Waals surface area contributed by atoms with E-state index >= 15 is 0 Å². The van der Waals surface area contributed by atoms with Crippen molar-refractivity contribution in [3.05, 3.63) is 40.2 Å². The second-order valence-corrected chi connectivity index (χ2v) is 3.63. The molecular formula is C13H9ClO3. The molecule has 0 unspecified atom stereocenters. The van der Waals surface area contributed by atoms with Crippen molar-refractivity contribution in [1.29, 1.82) is 0 Å². The molecule has 0 radical (unpaired) electrons. The first-order valence-corrected chi connectivity index (χ1v) is 5.47. The van der Waals surface area contributed by atoms with Crippen LogP contribution in [0.4, 0.5) is 0 Å². The van der Waals surface area contributed by atoms with Crippen molar-refractivity contribution in [1.82, 2.24) is 0 Å². The summed E-state index contributed by atoms with van der Waals surface area (Å²) in [5.74, 6) is 3.51. The number of hydrogen-bond donors (Lipinski definition) is 0. The highest BCUT2D eigenvalue weighted by Gasteiger charge is 2.05. The first-order chi connectivity index (χ1) is 8.24. The largest absolute Gasteiger partial charge is 0.481 e. The lowest BCUT2D eigenvalue weighted by Crippen LogP contribution is -2.02. The van der Waals surface area contributed by atoms with Crippen molar-refractivity contribution in [3.8, 4) is 18.1 Å². The van der Waals surface area contributed by atoms with E-state index in [0.717, 1.165) is 0 Å². The summed E-state index contributed by atoms with van der Waals surface area (Å²) in [6.45, 7) is 0.172. The van der Waals surface area contributed by atoms with Crippen LogP contribution in [0.2, 0.25) is 0 Å². The highest BCUT2D eigenvalue weighted by Crippen LogP contribution is 2.20. The Balaban J connectivity index is 2.52. The van der Waals surface area contributed by atoms with Gasteiger partial charge in [-0.2, -0.15) is 0 Å². The highest BCUT2D eigenvalue weighted by atomic mass is 35.5. The van der Waals surface area contributed by atoms with E-state index in [1.807, 2.05) is 0 Å². The minimum atomic E-state index is -0.120. The first-order valence-electron chi connectivity index (χ1n) is 4.93. The number of halogens is 1. The summed E-state index contributed by atoms with van der Waals surface area (Å²) in [5, 5.41) is 0.493. The number of benzene rings is 1. The molecule has 1 aromatic heterocycles. The van der Waals surface area contributed by atoms with Gasteiger partial charge in [-0.3, -0.25) is 4.79 Å². The second-order valence-electron chi connectivity index (χ2n) is 3.36.